The first-order valence-corrected chi connectivity index (χ1v) is 9.05. The fourth-order valence-electron chi connectivity index (χ4n) is 3.35. The highest BCUT2D eigenvalue weighted by atomic mass is 35.5. The SMILES string of the molecule is O=C1CC(c2nc(-c3ccc4c(c3)OC(F)(F)O4)no2)CN1c1ccc(Cl)cc1. The molecule has 0 aliphatic carbocycles. The van der Waals surface area contributed by atoms with Gasteiger partial charge in [0.15, 0.2) is 11.5 Å². The minimum absolute atomic E-state index is 0.0672. The van der Waals surface area contributed by atoms with E-state index in [0.717, 1.165) is 5.69 Å². The number of fused-ring (bicyclic) bond motifs is 1. The molecule has 29 heavy (non-hydrogen) atoms. The number of nitrogens with zero attached hydrogens (tertiary/aromatic N) is 3. The van der Waals surface area contributed by atoms with E-state index in [1.807, 2.05) is 0 Å². The Balaban J connectivity index is 1.36. The van der Waals surface area contributed by atoms with E-state index in [0.29, 0.717) is 23.0 Å². The summed E-state index contributed by atoms with van der Waals surface area (Å²) in [5.74, 6) is -0.0155. The molecule has 2 aromatic carbocycles. The van der Waals surface area contributed by atoms with Gasteiger partial charge in [-0.15, -0.1) is 8.78 Å². The number of hydrogen-bond acceptors (Lipinski definition) is 6. The molecule has 5 rings (SSSR count). The number of halogens is 3. The van der Waals surface area contributed by atoms with Crippen molar-refractivity contribution in [1.29, 1.82) is 0 Å². The number of carbonyl (C=O) groups excluding carboxylic acids is 1. The maximum Gasteiger partial charge on any atom is 0.586 e. The van der Waals surface area contributed by atoms with Crippen LogP contribution in [-0.4, -0.2) is 28.9 Å². The molecule has 148 valence electrons. The maximum absolute atomic E-state index is 13.2. The molecule has 0 saturated carbocycles. The lowest BCUT2D eigenvalue weighted by Gasteiger charge is -2.15. The summed E-state index contributed by atoms with van der Waals surface area (Å²) in [6, 6.07) is 11.2. The fourth-order valence-corrected chi connectivity index (χ4v) is 3.48. The summed E-state index contributed by atoms with van der Waals surface area (Å²) in [6.45, 7) is 0.384. The zero-order chi connectivity index (χ0) is 20.2. The Morgan fingerprint density at radius 1 is 1.10 bits per heavy atom. The molecular weight excluding hydrogens is 408 g/mol. The van der Waals surface area contributed by atoms with Crippen LogP contribution < -0.4 is 14.4 Å². The second-order valence-electron chi connectivity index (χ2n) is 6.67. The van der Waals surface area contributed by atoms with Crippen LogP contribution in [0, 0.1) is 0 Å². The Hall–Kier alpha value is -3.20. The molecular formula is C19H12ClF2N3O4. The number of carbonyl (C=O) groups is 1. The topological polar surface area (TPSA) is 77.7 Å². The van der Waals surface area contributed by atoms with Gasteiger partial charge in [0.25, 0.3) is 0 Å². The zero-order valence-electron chi connectivity index (χ0n) is 14.6. The molecule has 3 aromatic rings. The standard InChI is InChI=1S/C19H12ClF2N3O4/c20-12-2-4-13(5-3-12)25-9-11(8-16(25)26)18-23-17(24-29-18)10-1-6-14-15(7-10)28-19(21,22)27-14/h1-7,11H,8-9H2. The molecule has 1 atom stereocenters. The number of amides is 1. The van der Waals surface area contributed by atoms with Crippen LogP contribution in [0.4, 0.5) is 14.5 Å². The van der Waals surface area contributed by atoms with Crippen molar-refractivity contribution in [3.63, 3.8) is 0 Å². The molecule has 10 heteroatoms. The first kappa shape index (κ1) is 17.9. The van der Waals surface area contributed by atoms with Gasteiger partial charge in [-0.3, -0.25) is 4.79 Å². The van der Waals surface area contributed by atoms with Gasteiger partial charge in [0.1, 0.15) is 0 Å². The van der Waals surface area contributed by atoms with E-state index >= 15 is 0 Å². The van der Waals surface area contributed by atoms with E-state index < -0.39 is 6.29 Å². The summed E-state index contributed by atoms with van der Waals surface area (Å²) in [5.41, 5.74) is 1.16. The lowest BCUT2D eigenvalue weighted by molar-refractivity contribution is -0.286. The molecule has 1 unspecified atom stereocenters. The van der Waals surface area contributed by atoms with Crippen LogP contribution in [0.15, 0.2) is 47.0 Å². The number of ether oxygens (including phenoxy) is 2. The van der Waals surface area contributed by atoms with Crippen LogP contribution in [0.25, 0.3) is 11.4 Å². The molecule has 1 fully saturated rings. The Morgan fingerprint density at radius 2 is 1.86 bits per heavy atom. The molecule has 0 bridgehead atoms. The van der Waals surface area contributed by atoms with Crippen molar-refractivity contribution in [3.8, 4) is 22.9 Å². The number of alkyl halides is 2. The van der Waals surface area contributed by atoms with Gasteiger partial charge < -0.3 is 18.9 Å². The summed E-state index contributed by atoms with van der Waals surface area (Å²) in [6.07, 6.45) is -3.48. The van der Waals surface area contributed by atoms with Crippen molar-refractivity contribution in [2.45, 2.75) is 18.6 Å². The van der Waals surface area contributed by atoms with Crippen LogP contribution >= 0.6 is 11.6 Å². The van der Waals surface area contributed by atoms with E-state index in [9.17, 15) is 13.6 Å². The summed E-state index contributed by atoms with van der Waals surface area (Å²) in [5, 5.41) is 4.49. The monoisotopic (exact) mass is 419 g/mol. The first-order valence-electron chi connectivity index (χ1n) is 8.68. The zero-order valence-corrected chi connectivity index (χ0v) is 15.4. The highest BCUT2D eigenvalue weighted by Crippen LogP contribution is 2.42. The van der Waals surface area contributed by atoms with Crippen molar-refractivity contribution < 1.29 is 27.6 Å². The smallest absolute Gasteiger partial charge is 0.395 e. The minimum Gasteiger partial charge on any atom is -0.395 e. The fraction of sp³-hybridized carbons (Fsp3) is 0.211. The molecule has 7 nitrogen and oxygen atoms in total. The third kappa shape index (κ3) is 3.27. The molecule has 0 radical (unpaired) electrons. The Bertz CT molecular complexity index is 1100. The van der Waals surface area contributed by atoms with E-state index in [1.54, 1.807) is 29.2 Å². The Labute approximate surface area is 167 Å². The van der Waals surface area contributed by atoms with Crippen molar-refractivity contribution in [1.82, 2.24) is 10.1 Å². The lowest BCUT2D eigenvalue weighted by atomic mass is 10.1. The van der Waals surface area contributed by atoms with Crippen molar-refractivity contribution >= 4 is 23.2 Å². The maximum atomic E-state index is 13.2. The second-order valence-corrected chi connectivity index (χ2v) is 7.10. The first-order chi connectivity index (χ1) is 13.9. The average Bonchev–Trinajstić information content (AvgIpc) is 3.37. The van der Waals surface area contributed by atoms with Crippen molar-refractivity contribution in [3.05, 3.63) is 53.4 Å². The lowest BCUT2D eigenvalue weighted by Crippen LogP contribution is -2.25. The minimum atomic E-state index is -3.70. The van der Waals surface area contributed by atoms with Gasteiger partial charge in [0, 0.05) is 29.2 Å². The number of hydrogen-bond donors (Lipinski definition) is 0. The Kier molecular flexibility index (Phi) is 3.95. The molecule has 0 spiro atoms. The van der Waals surface area contributed by atoms with Gasteiger partial charge in [0.05, 0.1) is 5.92 Å². The normalized spacial score (nSPS) is 19.8. The van der Waals surface area contributed by atoms with Crippen LogP contribution in [0.1, 0.15) is 18.2 Å². The van der Waals surface area contributed by atoms with Crippen LogP contribution in [0.2, 0.25) is 5.02 Å². The quantitative estimate of drug-likeness (QED) is 0.632. The predicted octanol–water partition coefficient (Wildman–Crippen LogP) is 4.23. The summed E-state index contributed by atoms with van der Waals surface area (Å²) in [4.78, 5) is 18.4. The van der Waals surface area contributed by atoms with Gasteiger partial charge in [0.2, 0.25) is 17.6 Å². The van der Waals surface area contributed by atoms with E-state index in [1.165, 1.54) is 18.2 Å². The third-order valence-corrected chi connectivity index (χ3v) is 4.97. The van der Waals surface area contributed by atoms with E-state index in [4.69, 9.17) is 16.1 Å². The van der Waals surface area contributed by atoms with Gasteiger partial charge in [-0.25, -0.2) is 0 Å². The van der Waals surface area contributed by atoms with Crippen molar-refractivity contribution in [2.24, 2.45) is 0 Å². The van der Waals surface area contributed by atoms with Gasteiger partial charge in [-0.1, -0.05) is 16.8 Å². The van der Waals surface area contributed by atoms with E-state index in [2.05, 4.69) is 19.6 Å². The molecule has 1 aromatic heterocycles. The van der Waals surface area contributed by atoms with Crippen LogP contribution in [0.5, 0.6) is 11.5 Å². The molecule has 0 N–H and O–H groups in total. The largest absolute Gasteiger partial charge is 0.586 e. The third-order valence-electron chi connectivity index (χ3n) is 4.71. The molecule has 1 saturated heterocycles. The molecule has 2 aliphatic heterocycles. The summed E-state index contributed by atoms with van der Waals surface area (Å²) >= 11 is 5.90. The highest BCUT2D eigenvalue weighted by Gasteiger charge is 2.43. The molecule has 1 amide bonds. The van der Waals surface area contributed by atoms with Crippen molar-refractivity contribution in [2.75, 3.05) is 11.4 Å². The number of rotatable bonds is 3. The van der Waals surface area contributed by atoms with Crippen LogP contribution in [-0.2, 0) is 4.79 Å². The Morgan fingerprint density at radius 3 is 2.66 bits per heavy atom. The van der Waals surface area contributed by atoms with E-state index in [-0.39, 0.29) is 35.6 Å². The summed E-state index contributed by atoms with van der Waals surface area (Å²) < 4.78 is 40.5. The number of aromatic nitrogens is 2. The number of anilines is 1. The van der Waals surface area contributed by atoms with Gasteiger partial charge >= 0.3 is 6.29 Å². The molecule has 2 aliphatic rings. The van der Waals surface area contributed by atoms with Gasteiger partial charge in [-0.2, -0.15) is 4.98 Å². The predicted molar refractivity (Wildman–Crippen MR) is 97.1 cm³/mol. The second kappa shape index (κ2) is 6.41. The van der Waals surface area contributed by atoms with Gasteiger partial charge in [-0.05, 0) is 42.5 Å². The molecule has 3 heterocycles. The average molecular weight is 420 g/mol. The summed E-state index contributed by atoms with van der Waals surface area (Å²) in [7, 11) is 0. The number of benzene rings is 2. The highest BCUT2D eigenvalue weighted by molar-refractivity contribution is 6.30. The van der Waals surface area contributed by atoms with Crippen LogP contribution in [0.3, 0.4) is 0 Å².